The lowest BCUT2D eigenvalue weighted by Crippen LogP contribution is -2.43. The largest absolute Gasteiger partial charge is 0.444 e. The van der Waals surface area contributed by atoms with Crippen molar-refractivity contribution in [2.75, 3.05) is 0 Å². The number of rotatable bonds is 4. The molecule has 0 atom stereocenters. The van der Waals surface area contributed by atoms with Gasteiger partial charge in [0.05, 0.1) is 6.54 Å². The zero-order valence-electron chi connectivity index (χ0n) is 12.9. The predicted octanol–water partition coefficient (Wildman–Crippen LogP) is 2.00. The number of hydrogen-bond donors (Lipinski definition) is 2. The highest BCUT2D eigenvalue weighted by molar-refractivity contribution is 5.68. The Kier molecular flexibility index (Phi) is 5.17. The number of hydrogen-bond acceptors (Lipinski definition) is 6. The summed E-state index contributed by atoms with van der Waals surface area (Å²) in [5.41, 5.74) is -0.451. The summed E-state index contributed by atoms with van der Waals surface area (Å²) >= 11 is 0. The molecule has 1 aromatic heterocycles. The van der Waals surface area contributed by atoms with Gasteiger partial charge in [-0.1, -0.05) is 5.16 Å². The molecule has 0 aliphatic heterocycles. The molecule has 2 rings (SSSR count). The maximum absolute atomic E-state index is 11.7. The normalized spacial score (nSPS) is 22.8. The zero-order chi connectivity index (χ0) is 15.3. The average Bonchev–Trinajstić information content (AvgIpc) is 2.89. The van der Waals surface area contributed by atoms with Gasteiger partial charge in [-0.2, -0.15) is 4.98 Å². The number of nitrogens with zero attached hydrogens (tertiary/aromatic N) is 2. The highest BCUT2D eigenvalue weighted by Crippen LogP contribution is 2.19. The van der Waals surface area contributed by atoms with Crippen LogP contribution in [0.1, 0.15) is 52.3 Å². The highest BCUT2D eigenvalue weighted by Gasteiger charge is 2.24. The topological polar surface area (TPSA) is 89.3 Å². The van der Waals surface area contributed by atoms with Gasteiger partial charge in [-0.05, 0) is 46.5 Å². The van der Waals surface area contributed by atoms with E-state index in [0.29, 0.717) is 18.4 Å². The molecule has 1 aliphatic carbocycles. The molecule has 1 heterocycles. The number of alkyl carbamates (subject to hydrolysis) is 1. The summed E-state index contributed by atoms with van der Waals surface area (Å²) in [6.45, 7) is 6.22. The number of aromatic nitrogens is 2. The second kappa shape index (κ2) is 6.89. The van der Waals surface area contributed by atoms with Gasteiger partial charge >= 0.3 is 6.09 Å². The predicted molar refractivity (Wildman–Crippen MR) is 76.6 cm³/mol. The Morgan fingerprint density at radius 3 is 2.57 bits per heavy atom. The lowest BCUT2D eigenvalue weighted by molar-refractivity contribution is 0.0489. The maximum atomic E-state index is 11.7. The molecule has 7 heteroatoms. The van der Waals surface area contributed by atoms with Gasteiger partial charge in [0.25, 0.3) is 0 Å². The van der Waals surface area contributed by atoms with E-state index in [1.54, 1.807) is 0 Å². The lowest BCUT2D eigenvalue weighted by atomic mass is 9.91. The van der Waals surface area contributed by atoms with Crippen LogP contribution >= 0.6 is 0 Å². The molecule has 118 valence electrons. The number of carbonyl (C=O) groups is 1. The Balaban J connectivity index is 1.65. The van der Waals surface area contributed by atoms with Crippen molar-refractivity contribution in [3.05, 3.63) is 12.2 Å². The molecule has 0 saturated heterocycles. The molecule has 1 aromatic rings. The Hall–Kier alpha value is -1.63. The third kappa shape index (κ3) is 5.71. The molecule has 0 spiro atoms. The Morgan fingerprint density at radius 2 is 2.00 bits per heavy atom. The first-order valence-electron chi connectivity index (χ1n) is 7.40. The minimum atomic E-state index is -0.451. The van der Waals surface area contributed by atoms with E-state index < -0.39 is 5.60 Å². The van der Waals surface area contributed by atoms with Crippen LogP contribution in [0.25, 0.3) is 0 Å². The minimum absolute atomic E-state index is 0.197. The molecule has 1 aliphatic rings. The summed E-state index contributed by atoms with van der Waals surface area (Å²) < 4.78 is 9.96. The van der Waals surface area contributed by atoms with Gasteiger partial charge in [0.1, 0.15) is 5.60 Å². The van der Waals surface area contributed by atoms with Gasteiger partial charge in [-0.25, -0.2) is 4.79 Å². The lowest BCUT2D eigenvalue weighted by Gasteiger charge is -2.30. The van der Waals surface area contributed by atoms with Crippen LogP contribution in [0.5, 0.6) is 0 Å². The van der Waals surface area contributed by atoms with E-state index in [1.807, 2.05) is 20.8 Å². The van der Waals surface area contributed by atoms with Crippen LogP contribution in [-0.4, -0.2) is 33.9 Å². The molecule has 21 heavy (non-hydrogen) atoms. The van der Waals surface area contributed by atoms with Crippen LogP contribution in [0.2, 0.25) is 0 Å². The fourth-order valence-electron chi connectivity index (χ4n) is 2.42. The Morgan fingerprint density at radius 1 is 1.33 bits per heavy atom. The quantitative estimate of drug-likeness (QED) is 0.883. The van der Waals surface area contributed by atoms with Crippen LogP contribution in [0.3, 0.4) is 0 Å². The SMILES string of the molecule is CC(C)(C)OC(=O)NC1CCC(NCc2ncon2)CC1. The molecule has 0 aromatic carbocycles. The monoisotopic (exact) mass is 296 g/mol. The summed E-state index contributed by atoms with van der Waals surface area (Å²) in [5, 5.41) is 10.1. The zero-order valence-corrected chi connectivity index (χ0v) is 12.9. The van der Waals surface area contributed by atoms with E-state index in [9.17, 15) is 4.79 Å². The first-order valence-corrected chi connectivity index (χ1v) is 7.40. The van der Waals surface area contributed by atoms with Crippen LogP contribution in [0, 0.1) is 0 Å². The molecule has 1 saturated carbocycles. The van der Waals surface area contributed by atoms with Crippen molar-refractivity contribution in [1.29, 1.82) is 0 Å². The number of ether oxygens (including phenoxy) is 1. The fourth-order valence-corrected chi connectivity index (χ4v) is 2.42. The van der Waals surface area contributed by atoms with Crippen molar-refractivity contribution in [3.63, 3.8) is 0 Å². The van der Waals surface area contributed by atoms with Gasteiger partial charge in [0, 0.05) is 12.1 Å². The Labute approximate surface area is 124 Å². The Bertz CT molecular complexity index is 434. The molecule has 0 bridgehead atoms. The molecular weight excluding hydrogens is 272 g/mol. The number of amides is 1. The molecule has 0 radical (unpaired) electrons. The molecule has 1 amide bonds. The van der Waals surface area contributed by atoms with Gasteiger partial charge in [0.2, 0.25) is 6.39 Å². The molecule has 0 unspecified atom stereocenters. The van der Waals surface area contributed by atoms with E-state index in [4.69, 9.17) is 9.26 Å². The van der Waals surface area contributed by atoms with Crippen molar-refractivity contribution >= 4 is 6.09 Å². The summed E-state index contributed by atoms with van der Waals surface area (Å²) in [4.78, 5) is 15.7. The highest BCUT2D eigenvalue weighted by atomic mass is 16.6. The van der Waals surface area contributed by atoms with E-state index in [2.05, 4.69) is 20.8 Å². The second-order valence-electron chi connectivity index (χ2n) is 6.42. The van der Waals surface area contributed by atoms with Crippen molar-refractivity contribution in [2.24, 2.45) is 0 Å². The summed E-state index contributed by atoms with van der Waals surface area (Å²) in [5.74, 6) is 0.670. The number of carbonyl (C=O) groups excluding carboxylic acids is 1. The molecule has 7 nitrogen and oxygen atoms in total. The average molecular weight is 296 g/mol. The van der Waals surface area contributed by atoms with E-state index in [0.717, 1.165) is 25.7 Å². The fraction of sp³-hybridized carbons (Fsp3) is 0.786. The third-order valence-electron chi connectivity index (χ3n) is 3.40. The van der Waals surface area contributed by atoms with Crippen molar-refractivity contribution in [3.8, 4) is 0 Å². The van der Waals surface area contributed by atoms with Crippen LogP contribution in [0.15, 0.2) is 10.9 Å². The van der Waals surface area contributed by atoms with Crippen molar-refractivity contribution < 1.29 is 14.1 Å². The summed E-state index contributed by atoms with van der Waals surface area (Å²) in [6, 6.07) is 0.628. The minimum Gasteiger partial charge on any atom is -0.444 e. The van der Waals surface area contributed by atoms with Gasteiger partial charge in [-0.3, -0.25) is 0 Å². The van der Waals surface area contributed by atoms with Crippen LogP contribution in [-0.2, 0) is 11.3 Å². The van der Waals surface area contributed by atoms with Crippen LogP contribution in [0.4, 0.5) is 4.79 Å². The summed E-state index contributed by atoms with van der Waals surface area (Å²) in [6.07, 6.45) is 4.92. The number of nitrogens with one attached hydrogen (secondary N) is 2. The standard InChI is InChI=1S/C14H24N4O3/c1-14(2,3)21-13(19)17-11-6-4-10(5-7-11)15-8-12-16-9-20-18-12/h9-11,15H,4-8H2,1-3H3,(H,17,19). The third-order valence-corrected chi connectivity index (χ3v) is 3.40. The van der Waals surface area contributed by atoms with E-state index in [-0.39, 0.29) is 12.1 Å². The van der Waals surface area contributed by atoms with Crippen molar-refractivity contribution in [1.82, 2.24) is 20.8 Å². The second-order valence-corrected chi connectivity index (χ2v) is 6.42. The molecular formula is C14H24N4O3. The van der Waals surface area contributed by atoms with E-state index >= 15 is 0 Å². The smallest absolute Gasteiger partial charge is 0.407 e. The molecule has 2 N–H and O–H groups in total. The first kappa shape index (κ1) is 15.8. The van der Waals surface area contributed by atoms with Gasteiger partial charge in [-0.15, -0.1) is 0 Å². The van der Waals surface area contributed by atoms with E-state index in [1.165, 1.54) is 6.39 Å². The first-order chi connectivity index (χ1) is 9.92. The summed E-state index contributed by atoms with van der Waals surface area (Å²) in [7, 11) is 0. The maximum Gasteiger partial charge on any atom is 0.407 e. The van der Waals surface area contributed by atoms with Gasteiger partial charge < -0.3 is 19.9 Å². The van der Waals surface area contributed by atoms with Gasteiger partial charge in [0.15, 0.2) is 5.82 Å². The molecule has 1 fully saturated rings. The van der Waals surface area contributed by atoms with Crippen LogP contribution < -0.4 is 10.6 Å². The van der Waals surface area contributed by atoms with Crippen molar-refractivity contribution in [2.45, 2.75) is 70.7 Å².